The zero-order chi connectivity index (χ0) is 21.1. The van der Waals surface area contributed by atoms with Crippen molar-refractivity contribution in [3.63, 3.8) is 0 Å². The molecule has 1 amide bonds. The summed E-state index contributed by atoms with van der Waals surface area (Å²) in [5.41, 5.74) is 0.831. The fourth-order valence-corrected chi connectivity index (χ4v) is 4.63. The van der Waals surface area contributed by atoms with Crippen molar-refractivity contribution in [2.45, 2.75) is 45.3 Å². The molecule has 158 valence electrons. The van der Waals surface area contributed by atoms with Crippen LogP contribution in [0, 0.1) is 0 Å². The third-order valence-electron chi connectivity index (χ3n) is 4.96. The topological polar surface area (TPSA) is 120 Å². The number of carbonyl (C=O) groups excluding carboxylic acids is 1. The predicted octanol–water partition coefficient (Wildman–Crippen LogP) is 2.37. The van der Waals surface area contributed by atoms with Crippen LogP contribution in [0.4, 0.5) is 5.13 Å². The number of aromatic carboxylic acids is 1. The molecule has 2 aromatic rings. The van der Waals surface area contributed by atoms with Crippen LogP contribution in [0.25, 0.3) is 0 Å². The first-order valence-electron chi connectivity index (χ1n) is 9.43. The van der Waals surface area contributed by atoms with Crippen LogP contribution in [-0.2, 0) is 17.6 Å². The molecule has 0 bridgehead atoms. The van der Waals surface area contributed by atoms with Crippen molar-refractivity contribution < 1.29 is 19.4 Å². The molecular weight excluding hydrogens is 418 g/mol. The molecular formula is C18H24ClN5O4S. The highest BCUT2D eigenvalue weighted by molar-refractivity contribution is 7.15. The summed E-state index contributed by atoms with van der Waals surface area (Å²) >= 11 is 7.41. The van der Waals surface area contributed by atoms with E-state index in [4.69, 9.17) is 16.3 Å². The normalized spacial score (nSPS) is 19.4. The van der Waals surface area contributed by atoms with Crippen molar-refractivity contribution in [3.8, 4) is 0 Å². The molecule has 1 fully saturated rings. The zero-order valence-electron chi connectivity index (χ0n) is 16.5. The van der Waals surface area contributed by atoms with Crippen LogP contribution in [0.5, 0.6) is 0 Å². The molecule has 0 spiro atoms. The number of H-pyrrole nitrogens is 1. The Labute approximate surface area is 177 Å². The summed E-state index contributed by atoms with van der Waals surface area (Å²) in [6.07, 6.45) is 1.63. The molecule has 11 heteroatoms. The Bertz CT molecular complexity index is 899. The minimum Gasteiger partial charge on any atom is -0.476 e. The van der Waals surface area contributed by atoms with Gasteiger partial charge in [-0.15, -0.1) is 11.3 Å². The van der Waals surface area contributed by atoms with Gasteiger partial charge in [-0.1, -0.05) is 25.4 Å². The Morgan fingerprint density at radius 1 is 1.38 bits per heavy atom. The highest BCUT2D eigenvalue weighted by Gasteiger charge is 2.33. The predicted molar refractivity (Wildman–Crippen MR) is 110 cm³/mol. The Morgan fingerprint density at radius 3 is 2.69 bits per heavy atom. The maximum absolute atomic E-state index is 12.6. The van der Waals surface area contributed by atoms with Crippen LogP contribution in [0.1, 0.15) is 51.9 Å². The fraction of sp³-hybridized carbons (Fsp3) is 0.556. The number of carbonyl (C=O) groups is 2. The number of piperidine rings is 1. The third kappa shape index (κ3) is 4.54. The second-order valence-corrected chi connectivity index (χ2v) is 8.14. The van der Waals surface area contributed by atoms with Gasteiger partial charge >= 0.3 is 5.97 Å². The number of carboxylic acids is 1. The van der Waals surface area contributed by atoms with E-state index >= 15 is 0 Å². The van der Waals surface area contributed by atoms with Crippen molar-refractivity contribution in [1.82, 2.24) is 20.3 Å². The van der Waals surface area contributed by atoms with Crippen LogP contribution in [0.15, 0.2) is 0 Å². The first-order valence-corrected chi connectivity index (χ1v) is 10.6. The number of hydrogen-bond acceptors (Lipinski definition) is 7. The Kier molecular flexibility index (Phi) is 6.76. The number of thiazole rings is 1. The van der Waals surface area contributed by atoms with Gasteiger partial charge in [0.15, 0.2) is 21.8 Å². The summed E-state index contributed by atoms with van der Waals surface area (Å²) in [5, 5.41) is 13.3. The molecule has 3 N–H and O–H groups in total. The summed E-state index contributed by atoms with van der Waals surface area (Å²) in [7, 11) is 1.59. The first kappa shape index (κ1) is 21.5. The molecule has 1 aliphatic rings. The molecule has 29 heavy (non-hydrogen) atoms. The molecule has 2 aromatic heterocycles. The number of halogens is 1. The second-order valence-electron chi connectivity index (χ2n) is 6.72. The molecule has 1 aliphatic heterocycles. The summed E-state index contributed by atoms with van der Waals surface area (Å²) in [5.74, 6) is -1.16. The number of amides is 1. The van der Waals surface area contributed by atoms with Gasteiger partial charge in [-0.3, -0.25) is 4.79 Å². The van der Waals surface area contributed by atoms with Gasteiger partial charge in [0.2, 0.25) is 0 Å². The quantitative estimate of drug-likeness (QED) is 0.603. The summed E-state index contributed by atoms with van der Waals surface area (Å²) < 4.78 is 5.60. The van der Waals surface area contributed by atoms with E-state index in [0.717, 1.165) is 10.6 Å². The monoisotopic (exact) mass is 441 g/mol. The smallest absolute Gasteiger partial charge is 0.355 e. The van der Waals surface area contributed by atoms with E-state index in [1.807, 2.05) is 18.7 Å². The molecule has 0 saturated carbocycles. The van der Waals surface area contributed by atoms with E-state index < -0.39 is 5.97 Å². The van der Waals surface area contributed by atoms with Crippen molar-refractivity contribution in [2.75, 3.05) is 25.1 Å². The molecule has 3 rings (SSSR count). The van der Waals surface area contributed by atoms with Gasteiger partial charge in [0.1, 0.15) is 0 Å². The number of rotatable bonds is 7. The lowest BCUT2D eigenvalue weighted by molar-refractivity contribution is 0.0538. The number of imidazole rings is 1. The third-order valence-corrected chi connectivity index (χ3v) is 6.53. The van der Waals surface area contributed by atoms with Crippen molar-refractivity contribution in [2.24, 2.45) is 0 Å². The minimum absolute atomic E-state index is 0.110. The maximum Gasteiger partial charge on any atom is 0.355 e. The number of aromatic amines is 1. The summed E-state index contributed by atoms with van der Waals surface area (Å²) in [6.45, 7) is 4.96. The van der Waals surface area contributed by atoms with E-state index in [-0.39, 0.29) is 29.6 Å². The average Bonchev–Trinajstić information content (AvgIpc) is 3.31. The van der Waals surface area contributed by atoms with Gasteiger partial charge in [-0.25, -0.2) is 14.8 Å². The standard InChI is InChI=1S/C18H24ClN5O4S/c1-4-9-14(19)23-15(20-9)16(25)21-10-6-7-24(8-11(10)28-3)18-22-13(17(26)27)12(5-2)29-18/h10-11H,4-8H2,1-3H3,(H,20,23)(H,21,25)(H,26,27). The van der Waals surface area contributed by atoms with E-state index in [0.29, 0.717) is 42.6 Å². The van der Waals surface area contributed by atoms with Crippen LogP contribution in [0.3, 0.4) is 0 Å². The van der Waals surface area contributed by atoms with Crippen molar-refractivity contribution in [1.29, 1.82) is 0 Å². The number of hydrogen-bond donors (Lipinski definition) is 3. The number of methoxy groups -OCH3 is 1. The minimum atomic E-state index is -1.02. The van der Waals surface area contributed by atoms with Gasteiger partial charge < -0.3 is 25.0 Å². The van der Waals surface area contributed by atoms with Gasteiger partial charge in [-0.2, -0.15) is 0 Å². The van der Waals surface area contributed by atoms with E-state index in [1.165, 1.54) is 11.3 Å². The van der Waals surface area contributed by atoms with Gasteiger partial charge in [0.05, 0.1) is 17.8 Å². The fourth-order valence-electron chi connectivity index (χ4n) is 3.34. The molecule has 2 unspecified atom stereocenters. The SMILES string of the molecule is CCc1[nH]c(C(=O)NC2CCN(c3nc(C(=O)O)c(CC)s3)CC2OC)nc1Cl. The zero-order valence-corrected chi connectivity index (χ0v) is 18.1. The van der Waals surface area contributed by atoms with E-state index in [2.05, 4.69) is 20.3 Å². The van der Waals surface area contributed by atoms with Gasteiger partial charge in [-0.05, 0) is 19.3 Å². The molecule has 0 aromatic carbocycles. The maximum atomic E-state index is 12.6. The number of aryl methyl sites for hydroxylation is 2. The largest absolute Gasteiger partial charge is 0.476 e. The molecule has 2 atom stereocenters. The highest BCUT2D eigenvalue weighted by atomic mass is 35.5. The van der Waals surface area contributed by atoms with Crippen LogP contribution >= 0.6 is 22.9 Å². The van der Waals surface area contributed by atoms with Crippen LogP contribution < -0.4 is 10.2 Å². The molecule has 1 saturated heterocycles. The molecule has 0 radical (unpaired) electrons. The summed E-state index contributed by atoms with van der Waals surface area (Å²) in [6, 6.07) is -0.206. The number of ether oxygens (including phenoxy) is 1. The van der Waals surface area contributed by atoms with E-state index in [9.17, 15) is 14.7 Å². The van der Waals surface area contributed by atoms with E-state index in [1.54, 1.807) is 7.11 Å². The summed E-state index contributed by atoms with van der Waals surface area (Å²) in [4.78, 5) is 38.0. The van der Waals surface area contributed by atoms with Gasteiger partial charge in [0, 0.05) is 25.1 Å². The number of nitrogens with zero attached hydrogens (tertiary/aromatic N) is 3. The van der Waals surface area contributed by atoms with Crippen molar-refractivity contribution in [3.05, 3.63) is 27.2 Å². The molecule has 9 nitrogen and oxygen atoms in total. The van der Waals surface area contributed by atoms with Crippen LogP contribution in [0.2, 0.25) is 5.15 Å². The number of nitrogens with one attached hydrogen (secondary N) is 2. The Morgan fingerprint density at radius 2 is 2.14 bits per heavy atom. The van der Waals surface area contributed by atoms with Crippen LogP contribution in [-0.4, -0.2) is 64.3 Å². The Balaban J connectivity index is 1.69. The molecule has 3 heterocycles. The number of anilines is 1. The first-order chi connectivity index (χ1) is 13.9. The highest BCUT2D eigenvalue weighted by Crippen LogP contribution is 2.30. The second kappa shape index (κ2) is 9.10. The Hall–Kier alpha value is -2.17. The van der Waals surface area contributed by atoms with Gasteiger partial charge in [0.25, 0.3) is 5.91 Å². The lowest BCUT2D eigenvalue weighted by Crippen LogP contribution is -2.55. The lowest BCUT2D eigenvalue weighted by Gasteiger charge is -2.37. The number of carboxylic acid groups (broad SMARTS) is 1. The number of aromatic nitrogens is 3. The average molecular weight is 442 g/mol. The van der Waals surface area contributed by atoms with Crippen molar-refractivity contribution >= 4 is 39.9 Å². The lowest BCUT2D eigenvalue weighted by atomic mass is 10.0. The molecule has 0 aliphatic carbocycles.